The first-order valence-electron chi connectivity index (χ1n) is 9.42. The van der Waals surface area contributed by atoms with Gasteiger partial charge in [0.1, 0.15) is 0 Å². The molecule has 1 saturated heterocycles. The monoisotopic (exact) mass is 352 g/mol. The normalized spacial score (nSPS) is 17.5. The fourth-order valence-corrected chi connectivity index (χ4v) is 4.07. The number of aryl methyl sites for hydroxylation is 1. The van der Waals surface area contributed by atoms with E-state index in [-0.39, 0.29) is 0 Å². The summed E-state index contributed by atoms with van der Waals surface area (Å²) in [5.41, 5.74) is 5.64. The molecule has 2 aromatic rings. The lowest BCUT2D eigenvalue weighted by Crippen LogP contribution is -2.18. The lowest BCUT2D eigenvalue weighted by Gasteiger charge is -2.28. The minimum atomic E-state index is -0.913. The fraction of sp³-hybridized carbons (Fsp3) is 0.429. The summed E-state index contributed by atoms with van der Waals surface area (Å²) in [6.45, 7) is 1.54. The average molecular weight is 352 g/mol. The molecule has 1 fully saturated rings. The van der Waals surface area contributed by atoms with Gasteiger partial charge in [-0.15, -0.1) is 0 Å². The van der Waals surface area contributed by atoms with Gasteiger partial charge in [-0.25, -0.2) is 4.79 Å². The highest BCUT2D eigenvalue weighted by atomic mass is 16.5. The van der Waals surface area contributed by atoms with Gasteiger partial charge in [0.25, 0.3) is 0 Å². The number of carboxylic acid groups (broad SMARTS) is 1. The molecule has 0 spiro atoms. The summed E-state index contributed by atoms with van der Waals surface area (Å²) in [6.07, 6.45) is 8.29. The lowest BCUT2D eigenvalue weighted by molar-refractivity contribution is 0.0698. The Kier molecular flexibility index (Phi) is 4.89. The average Bonchev–Trinajstić information content (AvgIpc) is 2.69. The minimum absolute atomic E-state index is 0.298. The van der Waals surface area contributed by atoms with Crippen LogP contribution in [0, 0.1) is 0 Å². The number of fused-ring (bicyclic) bond motifs is 1. The highest BCUT2D eigenvalue weighted by molar-refractivity contribution is 5.95. The Hall–Kier alpha value is -2.40. The van der Waals surface area contributed by atoms with E-state index in [2.05, 4.69) is 5.32 Å². The maximum absolute atomic E-state index is 11.6. The summed E-state index contributed by atoms with van der Waals surface area (Å²) in [7, 11) is 0. The SMILES string of the molecule is O=C(O)c1ccccc1Nc1c(C2CCOCC2)cnc2c1CCCC2. The smallest absolute Gasteiger partial charge is 0.337 e. The third-order valence-electron chi connectivity index (χ3n) is 5.47. The number of ether oxygens (including phenoxy) is 1. The summed E-state index contributed by atoms with van der Waals surface area (Å²) in [5, 5.41) is 13.0. The number of hydrogen-bond acceptors (Lipinski definition) is 4. The van der Waals surface area contributed by atoms with Gasteiger partial charge >= 0.3 is 5.97 Å². The topological polar surface area (TPSA) is 71.5 Å². The number of hydrogen-bond donors (Lipinski definition) is 2. The van der Waals surface area contributed by atoms with E-state index in [4.69, 9.17) is 9.72 Å². The second-order valence-electron chi connectivity index (χ2n) is 7.08. The Morgan fingerprint density at radius 2 is 1.92 bits per heavy atom. The first kappa shape index (κ1) is 17.0. The van der Waals surface area contributed by atoms with Crippen molar-refractivity contribution in [1.82, 2.24) is 4.98 Å². The number of aromatic nitrogens is 1. The molecule has 1 aliphatic carbocycles. The Balaban J connectivity index is 1.79. The first-order chi connectivity index (χ1) is 12.7. The third kappa shape index (κ3) is 3.31. The van der Waals surface area contributed by atoms with Crippen LogP contribution in [0.4, 0.5) is 11.4 Å². The van der Waals surface area contributed by atoms with Crippen LogP contribution in [-0.4, -0.2) is 29.3 Å². The van der Waals surface area contributed by atoms with E-state index in [0.29, 0.717) is 17.2 Å². The quantitative estimate of drug-likeness (QED) is 0.858. The molecule has 1 aromatic carbocycles. The molecule has 2 N–H and O–H groups in total. The Labute approximate surface area is 153 Å². The Bertz CT molecular complexity index is 813. The van der Waals surface area contributed by atoms with Gasteiger partial charge in [0.2, 0.25) is 0 Å². The zero-order valence-corrected chi connectivity index (χ0v) is 14.8. The van der Waals surface area contributed by atoms with Crippen LogP contribution in [0.1, 0.15) is 58.8 Å². The van der Waals surface area contributed by atoms with Crippen molar-refractivity contribution in [2.75, 3.05) is 18.5 Å². The van der Waals surface area contributed by atoms with Crippen molar-refractivity contribution in [1.29, 1.82) is 0 Å². The summed E-state index contributed by atoms with van der Waals surface area (Å²) >= 11 is 0. The molecule has 0 saturated carbocycles. The van der Waals surface area contributed by atoms with Crippen molar-refractivity contribution < 1.29 is 14.6 Å². The maximum Gasteiger partial charge on any atom is 0.337 e. The molecule has 0 radical (unpaired) electrons. The van der Waals surface area contributed by atoms with Crippen molar-refractivity contribution in [3.63, 3.8) is 0 Å². The van der Waals surface area contributed by atoms with Crippen molar-refractivity contribution in [3.8, 4) is 0 Å². The molecule has 26 heavy (non-hydrogen) atoms. The van der Waals surface area contributed by atoms with Gasteiger partial charge in [-0.05, 0) is 67.7 Å². The molecule has 1 aromatic heterocycles. The van der Waals surface area contributed by atoms with Crippen LogP contribution in [0.3, 0.4) is 0 Å². The predicted octanol–water partition coefficient (Wildman–Crippen LogP) is 4.30. The van der Waals surface area contributed by atoms with Crippen LogP contribution in [0.5, 0.6) is 0 Å². The molecular weight excluding hydrogens is 328 g/mol. The molecule has 2 aliphatic rings. The van der Waals surface area contributed by atoms with Gasteiger partial charge < -0.3 is 15.2 Å². The fourth-order valence-electron chi connectivity index (χ4n) is 4.07. The second kappa shape index (κ2) is 7.46. The van der Waals surface area contributed by atoms with Gasteiger partial charge in [0, 0.05) is 30.8 Å². The zero-order chi connectivity index (χ0) is 17.9. The second-order valence-corrected chi connectivity index (χ2v) is 7.08. The maximum atomic E-state index is 11.6. The molecule has 5 nitrogen and oxygen atoms in total. The van der Waals surface area contributed by atoms with Crippen molar-refractivity contribution in [2.45, 2.75) is 44.4 Å². The number of carbonyl (C=O) groups is 1. The Morgan fingerprint density at radius 3 is 2.73 bits per heavy atom. The highest BCUT2D eigenvalue weighted by Gasteiger charge is 2.25. The van der Waals surface area contributed by atoms with Crippen LogP contribution in [0.25, 0.3) is 0 Å². The van der Waals surface area contributed by atoms with Crippen LogP contribution in [0.2, 0.25) is 0 Å². The predicted molar refractivity (Wildman–Crippen MR) is 100 cm³/mol. The molecule has 5 heteroatoms. The van der Waals surface area contributed by atoms with E-state index in [1.165, 1.54) is 17.5 Å². The number of aromatic carboxylic acids is 1. The molecule has 136 valence electrons. The van der Waals surface area contributed by atoms with E-state index >= 15 is 0 Å². The molecule has 0 unspecified atom stereocenters. The van der Waals surface area contributed by atoms with Crippen molar-refractivity contribution in [2.24, 2.45) is 0 Å². The van der Waals surface area contributed by atoms with Gasteiger partial charge in [-0.3, -0.25) is 4.98 Å². The van der Waals surface area contributed by atoms with Gasteiger partial charge in [0.15, 0.2) is 0 Å². The molecule has 4 rings (SSSR count). The van der Waals surface area contributed by atoms with E-state index in [9.17, 15) is 9.90 Å². The third-order valence-corrected chi connectivity index (χ3v) is 5.47. The standard InChI is InChI=1S/C21H24N2O3/c24-21(25)16-6-2-4-8-19(16)23-20-15-5-1-3-7-18(15)22-13-17(20)14-9-11-26-12-10-14/h2,4,6,8,13-14H,1,3,5,7,9-12H2,(H,22,23)(H,24,25). The van der Waals surface area contributed by atoms with Crippen LogP contribution in [-0.2, 0) is 17.6 Å². The van der Waals surface area contributed by atoms with Gasteiger partial charge in [-0.2, -0.15) is 0 Å². The van der Waals surface area contributed by atoms with Crippen molar-refractivity contribution >= 4 is 17.3 Å². The molecule has 2 heterocycles. The van der Waals surface area contributed by atoms with E-state index in [1.807, 2.05) is 18.3 Å². The molecular formula is C21H24N2O3. The number of anilines is 2. The van der Waals surface area contributed by atoms with Crippen LogP contribution in [0.15, 0.2) is 30.5 Å². The Morgan fingerprint density at radius 1 is 1.15 bits per heavy atom. The van der Waals surface area contributed by atoms with Gasteiger partial charge in [0.05, 0.1) is 11.3 Å². The van der Waals surface area contributed by atoms with Crippen molar-refractivity contribution in [3.05, 3.63) is 52.8 Å². The van der Waals surface area contributed by atoms with E-state index in [0.717, 1.165) is 56.7 Å². The number of benzene rings is 1. The number of rotatable bonds is 4. The molecule has 0 amide bonds. The van der Waals surface area contributed by atoms with Gasteiger partial charge in [-0.1, -0.05) is 12.1 Å². The summed E-state index contributed by atoms with van der Waals surface area (Å²) < 4.78 is 5.52. The lowest BCUT2D eigenvalue weighted by atomic mass is 9.86. The molecule has 0 bridgehead atoms. The summed E-state index contributed by atoms with van der Waals surface area (Å²) in [5.74, 6) is -0.508. The molecule has 1 aliphatic heterocycles. The van der Waals surface area contributed by atoms with Crippen LogP contribution < -0.4 is 5.32 Å². The van der Waals surface area contributed by atoms with Crippen LogP contribution >= 0.6 is 0 Å². The number of carboxylic acids is 1. The number of pyridine rings is 1. The first-order valence-corrected chi connectivity index (χ1v) is 9.42. The molecule has 0 atom stereocenters. The summed E-state index contributed by atoms with van der Waals surface area (Å²) in [4.78, 5) is 16.4. The van der Waals surface area contributed by atoms with E-state index < -0.39 is 5.97 Å². The van der Waals surface area contributed by atoms with E-state index in [1.54, 1.807) is 12.1 Å². The number of nitrogens with one attached hydrogen (secondary N) is 1. The number of nitrogens with zero attached hydrogens (tertiary/aromatic N) is 1. The highest BCUT2D eigenvalue weighted by Crippen LogP contribution is 2.39. The zero-order valence-electron chi connectivity index (χ0n) is 14.8. The summed E-state index contributed by atoms with van der Waals surface area (Å²) in [6, 6.07) is 7.12. The number of para-hydroxylation sites is 1. The minimum Gasteiger partial charge on any atom is -0.478 e. The largest absolute Gasteiger partial charge is 0.478 e.